The summed E-state index contributed by atoms with van der Waals surface area (Å²) in [7, 11) is 4.59. The van der Waals surface area contributed by atoms with Crippen molar-refractivity contribution < 1.29 is 34.2 Å². The molecular weight excluding hydrogens is 364 g/mol. The number of phenols is 1. The molecule has 28 heavy (non-hydrogen) atoms. The Labute approximate surface area is 163 Å². The Bertz CT molecular complexity index is 835. The highest BCUT2D eigenvalue weighted by molar-refractivity contribution is 5.86. The van der Waals surface area contributed by atoms with Crippen LogP contribution in [0, 0.1) is 0 Å². The van der Waals surface area contributed by atoms with Crippen LogP contribution < -0.4 is 14.2 Å². The van der Waals surface area contributed by atoms with E-state index in [1.807, 2.05) is 6.07 Å². The molecule has 7 nitrogen and oxygen atoms in total. The van der Waals surface area contributed by atoms with Crippen LogP contribution in [0.3, 0.4) is 0 Å². The Balaban J connectivity index is 2.17. The number of rotatable bonds is 8. The minimum absolute atomic E-state index is 0.0389. The number of aromatic hydroxyl groups is 1. The Morgan fingerprint density at radius 3 is 2.04 bits per heavy atom. The number of hydrogen-bond donors (Lipinski definition) is 2. The van der Waals surface area contributed by atoms with Crippen molar-refractivity contribution >= 4 is 0 Å². The van der Waals surface area contributed by atoms with E-state index in [0.717, 1.165) is 11.1 Å². The lowest BCUT2D eigenvalue weighted by molar-refractivity contribution is -0.473. The highest BCUT2D eigenvalue weighted by Gasteiger charge is 2.37. The molecule has 2 aromatic carbocycles. The van der Waals surface area contributed by atoms with Gasteiger partial charge >= 0.3 is 0 Å². The summed E-state index contributed by atoms with van der Waals surface area (Å²) in [4.78, 5) is 10.0. The molecule has 1 aliphatic rings. The van der Waals surface area contributed by atoms with Crippen LogP contribution in [-0.2, 0) is 16.2 Å². The number of methoxy groups -OCH3 is 3. The number of ether oxygens (including phenoxy) is 3. The Morgan fingerprint density at radius 1 is 0.964 bits per heavy atom. The molecule has 7 heteroatoms. The van der Waals surface area contributed by atoms with Gasteiger partial charge in [-0.2, -0.15) is 0 Å². The van der Waals surface area contributed by atoms with Gasteiger partial charge in [0, 0.05) is 0 Å². The van der Waals surface area contributed by atoms with Crippen LogP contribution >= 0.6 is 0 Å². The third kappa shape index (κ3) is 3.52. The van der Waals surface area contributed by atoms with E-state index >= 15 is 0 Å². The van der Waals surface area contributed by atoms with Crippen LogP contribution in [0.15, 0.2) is 36.9 Å². The monoisotopic (exact) mass is 388 g/mol. The molecule has 0 unspecified atom stereocenters. The maximum absolute atomic E-state index is 10.7. The third-order valence-corrected chi connectivity index (χ3v) is 4.65. The van der Waals surface area contributed by atoms with Gasteiger partial charge in [-0.1, -0.05) is 6.08 Å². The summed E-state index contributed by atoms with van der Waals surface area (Å²) in [6, 6.07) is 7.04. The van der Waals surface area contributed by atoms with Gasteiger partial charge in [0.15, 0.2) is 0 Å². The molecule has 0 radical (unpaired) electrons. The lowest BCUT2D eigenvalue weighted by Gasteiger charge is -2.34. The van der Waals surface area contributed by atoms with Crippen LogP contribution in [-0.4, -0.2) is 44.3 Å². The Kier molecular flexibility index (Phi) is 6.08. The second-order valence-electron chi connectivity index (χ2n) is 6.32. The van der Waals surface area contributed by atoms with E-state index in [1.165, 1.54) is 21.3 Å². The number of phenolic OH excluding ortho intramolecular Hbond substituents is 1. The van der Waals surface area contributed by atoms with E-state index < -0.39 is 12.2 Å². The molecule has 1 saturated heterocycles. The predicted molar refractivity (Wildman–Crippen MR) is 103 cm³/mol. The summed E-state index contributed by atoms with van der Waals surface area (Å²) >= 11 is 0. The second kappa shape index (κ2) is 8.52. The molecule has 0 aliphatic carbocycles. The molecule has 0 bridgehead atoms. The first kappa shape index (κ1) is 20.0. The van der Waals surface area contributed by atoms with Gasteiger partial charge < -0.3 is 24.4 Å². The fourth-order valence-corrected chi connectivity index (χ4v) is 3.28. The van der Waals surface area contributed by atoms with E-state index in [1.54, 1.807) is 24.3 Å². The molecule has 2 N–H and O–H groups in total. The molecule has 1 fully saturated rings. The molecule has 2 aromatic rings. The summed E-state index contributed by atoms with van der Waals surface area (Å²) in [5.74, 6) is 1.45. The van der Waals surface area contributed by atoms with E-state index in [-0.39, 0.29) is 12.4 Å². The molecule has 0 spiro atoms. The van der Waals surface area contributed by atoms with E-state index in [0.29, 0.717) is 34.8 Å². The molecule has 150 valence electrons. The van der Waals surface area contributed by atoms with Gasteiger partial charge in [-0.05, 0) is 41.8 Å². The van der Waals surface area contributed by atoms with Crippen molar-refractivity contribution in [3.8, 4) is 34.1 Å². The van der Waals surface area contributed by atoms with Crippen molar-refractivity contribution in [1.82, 2.24) is 0 Å². The zero-order chi connectivity index (χ0) is 20.3. The van der Waals surface area contributed by atoms with Gasteiger partial charge in [0.1, 0.15) is 35.2 Å². The SMILES string of the molecule is C=CCc1cc(O)c(-c2c(OC)cc([C@H]3OO[C@H]3CO)cc2OC)c(OC)c1. The number of aliphatic hydroxyl groups excluding tert-OH is 1. The fourth-order valence-electron chi connectivity index (χ4n) is 3.28. The first-order chi connectivity index (χ1) is 13.6. The highest BCUT2D eigenvalue weighted by atomic mass is 17.2. The summed E-state index contributed by atoms with van der Waals surface area (Å²) in [5.41, 5.74) is 2.60. The first-order valence-corrected chi connectivity index (χ1v) is 8.77. The maximum Gasteiger partial charge on any atom is 0.150 e. The third-order valence-electron chi connectivity index (χ3n) is 4.65. The minimum atomic E-state index is -0.457. The summed E-state index contributed by atoms with van der Waals surface area (Å²) in [6.45, 7) is 3.56. The molecule has 0 saturated carbocycles. The van der Waals surface area contributed by atoms with Gasteiger partial charge in [-0.3, -0.25) is 0 Å². The van der Waals surface area contributed by atoms with Crippen LogP contribution in [0.1, 0.15) is 17.2 Å². The lowest BCUT2D eigenvalue weighted by atomic mass is 9.94. The average Bonchev–Trinajstić information content (AvgIpc) is 2.67. The van der Waals surface area contributed by atoms with Gasteiger partial charge in [0.2, 0.25) is 0 Å². The van der Waals surface area contributed by atoms with Crippen molar-refractivity contribution in [2.75, 3.05) is 27.9 Å². The normalized spacial score (nSPS) is 18.3. The van der Waals surface area contributed by atoms with Crippen molar-refractivity contribution in [2.45, 2.75) is 18.6 Å². The number of allylic oxidation sites excluding steroid dienone is 1. The van der Waals surface area contributed by atoms with Gasteiger partial charge in [0.25, 0.3) is 0 Å². The number of hydrogen-bond acceptors (Lipinski definition) is 7. The zero-order valence-corrected chi connectivity index (χ0v) is 16.1. The smallest absolute Gasteiger partial charge is 0.150 e. The zero-order valence-electron chi connectivity index (χ0n) is 16.1. The van der Waals surface area contributed by atoms with Gasteiger partial charge in [-0.15, -0.1) is 6.58 Å². The molecule has 0 aromatic heterocycles. The first-order valence-electron chi connectivity index (χ1n) is 8.77. The topological polar surface area (TPSA) is 86.6 Å². The van der Waals surface area contributed by atoms with E-state index in [9.17, 15) is 10.2 Å². The number of aliphatic hydroxyl groups is 1. The lowest BCUT2D eigenvalue weighted by Crippen LogP contribution is -2.38. The maximum atomic E-state index is 10.7. The number of benzene rings is 2. The summed E-state index contributed by atoms with van der Waals surface area (Å²) in [6.07, 6.45) is 1.45. The molecule has 1 aliphatic heterocycles. The quantitative estimate of drug-likeness (QED) is 0.530. The average molecular weight is 388 g/mol. The van der Waals surface area contributed by atoms with Crippen LogP contribution in [0.25, 0.3) is 11.1 Å². The van der Waals surface area contributed by atoms with Crippen LogP contribution in [0.5, 0.6) is 23.0 Å². The van der Waals surface area contributed by atoms with Crippen molar-refractivity contribution in [1.29, 1.82) is 0 Å². The Hall–Kier alpha value is -2.74. The predicted octanol–water partition coefficient (Wildman–Crippen LogP) is 3.18. The largest absolute Gasteiger partial charge is 0.507 e. The fraction of sp³-hybridized carbons (Fsp3) is 0.333. The van der Waals surface area contributed by atoms with Gasteiger partial charge in [0.05, 0.1) is 39.1 Å². The van der Waals surface area contributed by atoms with Crippen molar-refractivity contribution in [3.63, 3.8) is 0 Å². The minimum Gasteiger partial charge on any atom is -0.507 e. The van der Waals surface area contributed by atoms with Crippen LogP contribution in [0.4, 0.5) is 0 Å². The van der Waals surface area contributed by atoms with Crippen molar-refractivity contribution in [2.24, 2.45) is 0 Å². The standard InChI is InChI=1S/C21H24O7/c1-5-6-12-7-14(23)19(15(8-12)24-2)20-16(25-3)9-13(10-17(20)26-4)21-18(11-22)27-28-21/h5,7-10,18,21-23H,1,6,11H2,2-4H3/t18-,21+/m0/s1. The summed E-state index contributed by atoms with van der Waals surface area (Å²) in [5, 5.41) is 20.1. The molecule has 0 amide bonds. The van der Waals surface area contributed by atoms with E-state index in [4.69, 9.17) is 24.0 Å². The Morgan fingerprint density at radius 2 is 1.57 bits per heavy atom. The summed E-state index contributed by atoms with van der Waals surface area (Å²) < 4.78 is 16.7. The molecule has 3 rings (SSSR count). The second-order valence-corrected chi connectivity index (χ2v) is 6.32. The molecular formula is C21H24O7. The highest BCUT2D eigenvalue weighted by Crippen LogP contribution is 2.50. The molecule has 1 heterocycles. The van der Waals surface area contributed by atoms with Crippen LogP contribution in [0.2, 0.25) is 0 Å². The van der Waals surface area contributed by atoms with Gasteiger partial charge in [-0.25, -0.2) is 9.78 Å². The van der Waals surface area contributed by atoms with Crippen molar-refractivity contribution in [3.05, 3.63) is 48.0 Å². The molecule has 2 atom stereocenters. The van der Waals surface area contributed by atoms with E-state index in [2.05, 4.69) is 6.58 Å².